The minimum atomic E-state index is -4.59. The summed E-state index contributed by atoms with van der Waals surface area (Å²) in [6.45, 7) is 5.20. The molecule has 1 aromatic heterocycles. The number of halogens is 3. The standard InChI is InChI=1S/C13H21F3N4O/c1-3-6-17-10-9-11(20(4-2)7-5-8-21)19-12(18-10)13(14,15)16/h9,21H,3-8H2,1-2H3,(H,17,18,19). The van der Waals surface area contributed by atoms with E-state index in [1.54, 1.807) is 4.90 Å². The molecule has 0 unspecified atom stereocenters. The van der Waals surface area contributed by atoms with Gasteiger partial charge in [0.2, 0.25) is 5.82 Å². The van der Waals surface area contributed by atoms with E-state index in [1.165, 1.54) is 6.07 Å². The van der Waals surface area contributed by atoms with Crippen LogP contribution in [0.4, 0.5) is 24.8 Å². The maximum atomic E-state index is 12.9. The second kappa shape index (κ2) is 8.02. The molecule has 0 amide bonds. The van der Waals surface area contributed by atoms with E-state index in [0.29, 0.717) is 26.1 Å². The van der Waals surface area contributed by atoms with Gasteiger partial charge in [-0.15, -0.1) is 0 Å². The highest BCUT2D eigenvalue weighted by Crippen LogP contribution is 2.29. The van der Waals surface area contributed by atoms with Gasteiger partial charge in [-0.3, -0.25) is 0 Å². The Morgan fingerprint density at radius 3 is 2.52 bits per heavy atom. The van der Waals surface area contributed by atoms with Crippen molar-refractivity contribution in [1.29, 1.82) is 0 Å². The third kappa shape index (κ3) is 5.37. The van der Waals surface area contributed by atoms with Gasteiger partial charge in [0, 0.05) is 32.3 Å². The molecule has 0 saturated heterocycles. The highest BCUT2D eigenvalue weighted by molar-refractivity contribution is 5.49. The minimum absolute atomic E-state index is 0.0192. The summed E-state index contributed by atoms with van der Waals surface area (Å²) in [4.78, 5) is 8.81. The molecule has 120 valence electrons. The number of hydrogen-bond donors (Lipinski definition) is 2. The van der Waals surface area contributed by atoms with Gasteiger partial charge in [-0.2, -0.15) is 13.2 Å². The quantitative estimate of drug-likeness (QED) is 0.773. The molecule has 5 nitrogen and oxygen atoms in total. The van der Waals surface area contributed by atoms with Gasteiger partial charge >= 0.3 is 6.18 Å². The molecular formula is C13H21F3N4O. The second-order valence-corrected chi connectivity index (χ2v) is 4.52. The first-order valence-electron chi connectivity index (χ1n) is 6.98. The van der Waals surface area contributed by atoms with Gasteiger partial charge in [0.1, 0.15) is 11.6 Å². The zero-order chi connectivity index (χ0) is 15.9. The Kier molecular flexibility index (Phi) is 6.67. The Bertz CT molecular complexity index is 440. The minimum Gasteiger partial charge on any atom is -0.396 e. The topological polar surface area (TPSA) is 61.3 Å². The Balaban J connectivity index is 3.10. The number of nitrogens with zero attached hydrogens (tertiary/aromatic N) is 3. The van der Waals surface area contributed by atoms with Crippen LogP contribution in [0.25, 0.3) is 0 Å². The first-order valence-corrected chi connectivity index (χ1v) is 6.98. The summed E-state index contributed by atoms with van der Waals surface area (Å²) in [5.41, 5.74) is 0. The fraction of sp³-hybridized carbons (Fsp3) is 0.692. The molecule has 0 aliphatic rings. The third-order valence-electron chi connectivity index (χ3n) is 2.81. The molecular weight excluding hydrogens is 285 g/mol. The van der Waals surface area contributed by atoms with E-state index < -0.39 is 12.0 Å². The average Bonchev–Trinajstić information content (AvgIpc) is 2.45. The van der Waals surface area contributed by atoms with Crippen molar-refractivity contribution in [2.75, 3.05) is 36.5 Å². The number of hydrogen-bond acceptors (Lipinski definition) is 5. The van der Waals surface area contributed by atoms with Crippen LogP contribution < -0.4 is 10.2 Å². The van der Waals surface area contributed by atoms with E-state index in [-0.39, 0.29) is 18.2 Å². The van der Waals surface area contributed by atoms with Crippen LogP contribution in [0.15, 0.2) is 6.07 Å². The van der Waals surface area contributed by atoms with Crippen molar-refractivity contribution >= 4 is 11.6 Å². The van der Waals surface area contributed by atoms with Gasteiger partial charge in [-0.1, -0.05) is 6.92 Å². The second-order valence-electron chi connectivity index (χ2n) is 4.52. The Hall–Kier alpha value is -1.57. The molecule has 0 spiro atoms. The van der Waals surface area contributed by atoms with Gasteiger partial charge in [0.15, 0.2) is 0 Å². The Morgan fingerprint density at radius 1 is 1.29 bits per heavy atom. The van der Waals surface area contributed by atoms with Crippen molar-refractivity contribution in [3.05, 3.63) is 11.9 Å². The number of aromatic nitrogens is 2. The molecule has 0 aromatic carbocycles. The van der Waals surface area contributed by atoms with E-state index >= 15 is 0 Å². The van der Waals surface area contributed by atoms with Gasteiger partial charge in [-0.25, -0.2) is 9.97 Å². The Morgan fingerprint density at radius 2 is 2.00 bits per heavy atom. The molecule has 0 bridgehead atoms. The lowest BCUT2D eigenvalue weighted by molar-refractivity contribution is -0.144. The summed E-state index contributed by atoms with van der Waals surface area (Å²) in [5.74, 6) is -0.774. The third-order valence-corrected chi connectivity index (χ3v) is 2.81. The van der Waals surface area contributed by atoms with Crippen LogP contribution >= 0.6 is 0 Å². The van der Waals surface area contributed by atoms with Crippen molar-refractivity contribution in [2.24, 2.45) is 0 Å². The molecule has 0 atom stereocenters. The Labute approximate surface area is 122 Å². The summed E-state index contributed by atoms with van der Waals surface area (Å²) in [7, 11) is 0. The molecule has 8 heteroatoms. The highest BCUT2D eigenvalue weighted by atomic mass is 19.4. The molecule has 0 fully saturated rings. The van der Waals surface area contributed by atoms with Crippen molar-refractivity contribution in [3.63, 3.8) is 0 Å². The molecule has 21 heavy (non-hydrogen) atoms. The first-order chi connectivity index (χ1) is 9.92. The molecule has 0 aliphatic carbocycles. The summed E-state index contributed by atoms with van der Waals surface area (Å²) in [6.07, 6.45) is -3.34. The molecule has 2 N–H and O–H groups in total. The van der Waals surface area contributed by atoms with E-state index in [0.717, 1.165) is 6.42 Å². The van der Waals surface area contributed by atoms with Crippen LogP contribution in [0.5, 0.6) is 0 Å². The lowest BCUT2D eigenvalue weighted by atomic mass is 10.3. The maximum Gasteiger partial charge on any atom is 0.451 e. The predicted octanol–water partition coefficient (Wildman–Crippen LogP) is 2.53. The van der Waals surface area contributed by atoms with Crippen LogP contribution in [-0.4, -0.2) is 41.3 Å². The van der Waals surface area contributed by atoms with Crippen LogP contribution in [-0.2, 0) is 6.18 Å². The smallest absolute Gasteiger partial charge is 0.396 e. The number of alkyl halides is 3. The molecule has 1 aromatic rings. The number of nitrogens with one attached hydrogen (secondary N) is 1. The van der Waals surface area contributed by atoms with Crippen molar-refractivity contribution in [2.45, 2.75) is 32.9 Å². The summed E-state index contributed by atoms with van der Waals surface area (Å²) in [5, 5.41) is 11.7. The molecule has 1 rings (SSSR count). The largest absolute Gasteiger partial charge is 0.451 e. The maximum absolute atomic E-state index is 12.9. The monoisotopic (exact) mass is 306 g/mol. The van der Waals surface area contributed by atoms with E-state index in [4.69, 9.17) is 5.11 Å². The molecule has 0 radical (unpaired) electrons. The van der Waals surface area contributed by atoms with Gasteiger partial charge in [-0.05, 0) is 19.8 Å². The van der Waals surface area contributed by atoms with E-state index in [2.05, 4.69) is 15.3 Å². The van der Waals surface area contributed by atoms with E-state index in [1.807, 2.05) is 13.8 Å². The summed E-state index contributed by atoms with van der Waals surface area (Å²) in [6, 6.07) is 1.51. The van der Waals surface area contributed by atoms with Crippen LogP contribution in [0.3, 0.4) is 0 Å². The molecule has 1 heterocycles. The normalized spacial score (nSPS) is 11.5. The van der Waals surface area contributed by atoms with Gasteiger partial charge in [0.25, 0.3) is 0 Å². The molecule has 0 aliphatic heterocycles. The van der Waals surface area contributed by atoms with Crippen LogP contribution in [0, 0.1) is 0 Å². The number of anilines is 2. The SMILES string of the molecule is CCCNc1cc(N(CC)CCCO)nc(C(F)(F)F)n1. The van der Waals surface area contributed by atoms with Gasteiger partial charge < -0.3 is 15.3 Å². The number of aliphatic hydroxyl groups excluding tert-OH is 1. The summed E-state index contributed by atoms with van der Waals surface area (Å²) < 4.78 is 38.6. The van der Waals surface area contributed by atoms with E-state index in [9.17, 15) is 13.2 Å². The predicted molar refractivity (Wildman–Crippen MR) is 75.4 cm³/mol. The number of aliphatic hydroxyl groups is 1. The number of rotatable bonds is 8. The lowest BCUT2D eigenvalue weighted by Gasteiger charge is -2.23. The zero-order valence-electron chi connectivity index (χ0n) is 12.2. The van der Waals surface area contributed by atoms with Crippen molar-refractivity contribution in [1.82, 2.24) is 9.97 Å². The fourth-order valence-electron chi connectivity index (χ4n) is 1.76. The zero-order valence-corrected chi connectivity index (χ0v) is 12.2. The van der Waals surface area contributed by atoms with Crippen molar-refractivity contribution in [3.8, 4) is 0 Å². The summed E-state index contributed by atoms with van der Waals surface area (Å²) >= 11 is 0. The van der Waals surface area contributed by atoms with Crippen molar-refractivity contribution < 1.29 is 18.3 Å². The van der Waals surface area contributed by atoms with Crippen LogP contribution in [0.2, 0.25) is 0 Å². The van der Waals surface area contributed by atoms with Gasteiger partial charge in [0.05, 0.1) is 0 Å². The fourth-order valence-corrected chi connectivity index (χ4v) is 1.76. The average molecular weight is 306 g/mol. The highest BCUT2D eigenvalue weighted by Gasteiger charge is 2.35. The van der Waals surface area contributed by atoms with Crippen LogP contribution in [0.1, 0.15) is 32.5 Å². The lowest BCUT2D eigenvalue weighted by Crippen LogP contribution is -2.27. The first kappa shape index (κ1) is 17.5. The molecule has 0 saturated carbocycles.